The fourth-order valence-electron chi connectivity index (χ4n) is 3.00. The van der Waals surface area contributed by atoms with Crippen LogP contribution >= 0.6 is 0 Å². The molecule has 0 radical (unpaired) electrons. The van der Waals surface area contributed by atoms with Gasteiger partial charge in [-0.1, -0.05) is 12.1 Å². The van der Waals surface area contributed by atoms with Crippen molar-refractivity contribution in [3.05, 3.63) is 77.8 Å². The molecule has 1 aromatic carbocycles. The minimum absolute atomic E-state index is 0.245. The minimum Gasteiger partial charge on any atom is -0.465 e. The van der Waals surface area contributed by atoms with Crippen molar-refractivity contribution in [1.29, 1.82) is 0 Å². The summed E-state index contributed by atoms with van der Waals surface area (Å²) in [5.41, 5.74) is 1.11. The summed E-state index contributed by atoms with van der Waals surface area (Å²) in [6, 6.07) is 11.9. The highest BCUT2D eigenvalue weighted by Crippen LogP contribution is 2.26. The van der Waals surface area contributed by atoms with E-state index in [4.69, 9.17) is 4.42 Å². The molecule has 2 aromatic heterocycles. The molecule has 9 nitrogen and oxygen atoms in total. The highest BCUT2D eigenvalue weighted by molar-refractivity contribution is 6.39. The Morgan fingerprint density at radius 3 is 2.42 bits per heavy atom. The number of carbonyl (C=O) groups is 4. The van der Waals surface area contributed by atoms with E-state index in [0.717, 1.165) is 4.90 Å². The molecule has 4 rings (SSSR count). The minimum atomic E-state index is -0.843. The van der Waals surface area contributed by atoms with E-state index in [1.807, 2.05) is 0 Å². The van der Waals surface area contributed by atoms with Crippen LogP contribution in [0.3, 0.4) is 0 Å². The second kappa shape index (κ2) is 8.07. The smallest absolute Gasteiger partial charge is 0.337 e. The number of esters is 1. The molecule has 3 heterocycles. The van der Waals surface area contributed by atoms with Crippen molar-refractivity contribution in [2.75, 3.05) is 12.0 Å². The molecule has 1 fully saturated rings. The van der Waals surface area contributed by atoms with E-state index in [1.165, 1.54) is 37.7 Å². The largest absolute Gasteiger partial charge is 0.465 e. The number of anilines is 1. The second-order valence-electron chi connectivity index (χ2n) is 6.43. The fraction of sp³-hybridized carbons (Fsp3) is 0.0455. The number of imide groups is 2. The van der Waals surface area contributed by atoms with Crippen LogP contribution in [0, 0.1) is 0 Å². The van der Waals surface area contributed by atoms with Crippen molar-refractivity contribution >= 4 is 35.6 Å². The summed E-state index contributed by atoms with van der Waals surface area (Å²) in [7, 11) is 1.30. The van der Waals surface area contributed by atoms with Crippen LogP contribution in [0.15, 0.2) is 70.9 Å². The summed E-state index contributed by atoms with van der Waals surface area (Å²) in [6.45, 7) is 0. The van der Waals surface area contributed by atoms with Gasteiger partial charge in [-0.2, -0.15) is 0 Å². The van der Waals surface area contributed by atoms with Gasteiger partial charge < -0.3 is 9.15 Å². The summed E-state index contributed by atoms with van der Waals surface area (Å²) in [6.07, 6.45) is 4.13. The highest BCUT2D eigenvalue weighted by Gasteiger charge is 2.37. The summed E-state index contributed by atoms with van der Waals surface area (Å²) in [4.78, 5) is 53.5. The molecule has 0 aliphatic carbocycles. The molecule has 31 heavy (non-hydrogen) atoms. The third kappa shape index (κ3) is 3.84. The summed E-state index contributed by atoms with van der Waals surface area (Å²) >= 11 is 0. The van der Waals surface area contributed by atoms with Gasteiger partial charge in [0.2, 0.25) is 0 Å². The first-order valence-electron chi connectivity index (χ1n) is 9.08. The van der Waals surface area contributed by atoms with Crippen molar-refractivity contribution < 1.29 is 28.3 Å². The Kier molecular flexibility index (Phi) is 5.15. The van der Waals surface area contributed by atoms with Gasteiger partial charge in [-0.15, -0.1) is 0 Å². The zero-order valence-electron chi connectivity index (χ0n) is 16.2. The first-order chi connectivity index (χ1) is 15.0. The second-order valence-corrected chi connectivity index (χ2v) is 6.43. The zero-order valence-corrected chi connectivity index (χ0v) is 16.2. The van der Waals surface area contributed by atoms with E-state index >= 15 is 0 Å². The molecule has 0 bridgehead atoms. The number of ether oxygens (including phenoxy) is 1. The molecule has 154 valence electrons. The maximum atomic E-state index is 12.8. The van der Waals surface area contributed by atoms with Gasteiger partial charge in [-0.3, -0.25) is 19.9 Å². The lowest BCUT2D eigenvalue weighted by Crippen LogP contribution is -2.54. The molecule has 1 N–H and O–H groups in total. The monoisotopic (exact) mass is 417 g/mol. The summed E-state index contributed by atoms with van der Waals surface area (Å²) < 4.78 is 10.4. The topological polar surface area (TPSA) is 119 Å². The quantitative estimate of drug-likeness (QED) is 0.394. The Morgan fingerprint density at radius 2 is 1.74 bits per heavy atom. The number of hydrogen-bond donors (Lipinski definition) is 1. The molecule has 4 amide bonds. The lowest BCUT2D eigenvalue weighted by molar-refractivity contribution is -0.122. The molecule has 1 saturated heterocycles. The van der Waals surface area contributed by atoms with Gasteiger partial charge in [-0.25, -0.2) is 14.5 Å². The molecular weight excluding hydrogens is 402 g/mol. The number of aromatic nitrogens is 1. The number of hydrogen-bond acceptors (Lipinski definition) is 7. The van der Waals surface area contributed by atoms with Gasteiger partial charge in [0.15, 0.2) is 0 Å². The fourth-order valence-corrected chi connectivity index (χ4v) is 3.00. The molecule has 3 aromatic rings. The van der Waals surface area contributed by atoms with E-state index in [2.05, 4.69) is 15.0 Å². The number of carbonyl (C=O) groups excluding carboxylic acids is 4. The molecule has 0 saturated carbocycles. The van der Waals surface area contributed by atoms with Crippen LogP contribution in [0.5, 0.6) is 0 Å². The average molecular weight is 417 g/mol. The van der Waals surface area contributed by atoms with Crippen molar-refractivity contribution in [3.8, 4) is 11.3 Å². The van der Waals surface area contributed by atoms with Gasteiger partial charge in [0.1, 0.15) is 17.1 Å². The highest BCUT2D eigenvalue weighted by atomic mass is 16.5. The number of urea groups is 1. The normalized spacial score (nSPS) is 15.2. The number of methoxy groups -OCH3 is 1. The van der Waals surface area contributed by atoms with Crippen LogP contribution in [-0.2, 0) is 14.3 Å². The van der Waals surface area contributed by atoms with Crippen LogP contribution in [0.25, 0.3) is 17.4 Å². The molecule has 1 aliphatic rings. The molecule has 0 atom stereocenters. The van der Waals surface area contributed by atoms with Gasteiger partial charge in [-0.05, 0) is 42.5 Å². The average Bonchev–Trinajstić information content (AvgIpc) is 3.25. The first kappa shape index (κ1) is 19.8. The number of furan rings is 1. The van der Waals surface area contributed by atoms with Crippen LogP contribution in [-0.4, -0.2) is 35.9 Å². The molecule has 1 aliphatic heterocycles. The van der Waals surface area contributed by atoms with E-state index in [1.54, 1.807) is 36.4 Å². The Balaban J connectivity index is 1.62. The lowest BCUT2D eigenvalue weighted by atomic mass is 10.1. The molecule has 0 unspecified atom stereocenters. The number of rotatable bonds is 4. The van der Waals surface area contributed by atoms with Crippen molar-refractivity contribution in [3.63, 3.8) is 0 Å². The number of nitrogens with zero attached hydrogens (tertiary/aromatic N) is 2. The van der Waals surface area contributed by atoms with Gasteiger partial charge in [0, 0.05) is 18.0 Å². The zero-order chi connectivity index (χ0) is 22.0. The first-order valence-corrected chi connectivity index (χ1v) is 9.08. The number of nitrogens with one attached hydrogen (secondary N) is 1. The predicted molar refractivity (Wildman–Crippen MR) is 109 cm³/mol. The summed E-state index contributed by atoms with van der Waals surface area (Å²) in [5, 5.41) is 2.14. The van der Waals surface area contributed by atoms with E-state index in [0.29, 0.717) is 16.9 Å². The van der Waals surface area contributed by atoms with Crippen LogP contribution in [0.1, 0.15) is 16.1 Å². The predicted octanol–water partition coefficient (Wildman–Crippen LogP) is 2.79. The van der Waals surface area contributed by atoms with E-state index < -0.39 is 23.8 Å². The Hall–Kier alpha value is -4.53. The van der Waals surface area contributed by atoms with Gasteiger partial charge in [0.05, 0.1) is 18.4 Å². The van der Waals surface area contributed by atoms with Gasteiger partial charge >= 0.3 is 12.0 Å². The molecule has 9 heteroatoms. The standard InChI is InChI=1S/C22H15N3O6/c1-30-21(28)14-4-2-13(3-5-14)18-7-6-16(31-18)12-17-19(26)24-22(29)25(20(17)27)15-8-10-23-11-9-15/h2-12H,1H3,(H,24,26,29)/b17-12+. The van der Waals surface area contributed by atoms with Crippen LogP contribution in [0.2, 0.25) is 0 Å². The van der Waals surface area contributed by atoms with Gasteiger partial charge in [0.25, 0.3) is 11.8 Å². The third-order valence-corrected chi connectivity index (χ3v) is 4.53. The number of benzene rings is 1. The molecule has 0 spiro atoms. The maximum Gasteiger partial charge on any atom is 0.337 e. The third-order valence-electron chi connectivity index (χ3n) is 4.53. The number of amides is 4. The lowest BCUT2D eigenvalue weighted by Gasteiger charge is -2.25. The van der Waals surface area contributed by atoms with Crippen LogP contribution in [0.4, 0.5) is 10.5 Å². The number of barbiturate groups is 1. The van der Waals surface area contributed by atoms with E-state index in [9.17, 15) is 19.2 Å². The molecular formula is C22H15N3O6. The maximum absolute atomic E-state index is 12.8. The summed E-state index contributed by atoms with van der Waals surface area (Å²) in [5.74, 6) is -1.34. The van der Waals surface area contributed by atoms with Crippen LogP contribution < -0.4 is 10.2 Å². The Labute approximate surface area is 175 Å². The van der Waals surface area contributed by atoms with Crippen molar-refractivity contribution in [2.24, 2.45) is 0 Å². The number of pyridine rings is 1. The SMILES string of the molecule is COC(=O)c1ccc(-c2ccc(/C=C3\C(=O)NC(=O)N(c4ccncc4)C3=O)o2)cc1. The van der Waals surface area contributed by atoms with Crippen molar-refractivity contribution in [2.45, 2.75) is 0 Å². The van der Waals surface area contributed by atoms with E-state index in [-0.39, 0.29) is 17.0 Å². The van der Waals surface area contributed by atoms with Crippen molar-refractivity contribution in [1.82, 2.24) is 10.3 Å². The Morgan fingerprint density at radius 1 is 1.03 bits per heavy atom. The Bertz CT molecular complexity index is 1210.